The highest BCUT2D eigenvalue weighted by atomic mass is 16.5. The monoisotopic (exact) mass is 367 g/mol. The summed E-state index contributed by atoms with van der Waals surface area (Å²) < 4.78 is 12.0. The molecule has 0 saturated heterocycles. The summed E-state index contributed by atoms with van der Waals surface area (Å²) in [6, 6.07) is 11.9. The van der Waals surface area contributed by atoms with Crippen LogP contribution in [0.25, 0.3) is 0 Å². The molecule has 0 bridgehead atoms. The summed E-state index contributed by atoms with van der Waals surface area (Å²) in [4.78, 5) is 12.8. The standard InChI is InChI=1S/C23H29NO3/c1-14-7-10-19-20(13-23(5,6)27-21(19)11-14)24-22(25)17(4)26-18-9-8-15(2)16(3)12-18/h7-12,17,20H,13H2,1-6H3,(H,24,25). The molecule has 2 aromatic rings. The number of fused-ring (bicyclic) bond motifs is 1. The van der Waals surface area contributed by atoms with Gasteiger partial charge < -0.3 is 14.8 Å². The molecule has 1 amide bonds. The van der Waals surface area contributed by atoms with Crippen LogP contribution in [0.15, 0.2) is 36.4 Å². The van der Waals surface area contributed by atoms with Gasteiger partial charge in [0.05, 0.1) is 6.04 Å². The summed E-state index contributed by atoms with van der Waals surface area (Å²) in [5, 5.41) is 3.15. The van der Waals surface area contributed by atoms with Crippen LogP contribution in [0.4, 0.5) is 0 Å². The predicted molar refractivity (Wildman–Crippen MR) is 107 cm³/mol. The Morgan fingerprint density at radius 3 is 2.59 bits per heavy atom. The van der Waals surface area contributed by atoms with Crippen molar-refractivity contribution in [2.45, 2.75) is 65.7 Å². The fourth-order valence-corrected chi connectivity index (χ4v) is 3.42. The summed E-state index contributed by atoms with van der Waals surface area (Å²) in [6.07, 6.45) is 0.137. The van der Waals surface area contributed by atoms with Crippen molar-refractivity contribution in [1.82, 2.24) is 5.32 Å². The van der Waals surface area contributed by atoms with E-state index in [1.165, 1.54) is 5.56 Å². The molecule has 4 nitrogen and oxygen atoms in total. The zero-order valence-corrected chi connectivity index (χ0v) is 17.1. The van der Waals surface area contributed by atoms with Gasteiger partial charge in [-0.15, -0.1) is 0 Å². The van der Waals surface area contributed by atoms with Gasteiger partial charge in [0, 0.05) is 12.0 Å². The number of rotatable bonds is 4. The van der Waals surface area contributed by atoms with Crippen LogP contribution in [0.5, 0.6) is 11.5 Å². The highest BCUT2D eigenvalue weighted by Crippen LogP contribution is 2.40. The average Bonchev–Trinajstić information content (AvgIpc) is 2.56. The van der Waals surface area contributed by atoms with Crippen molar-refractivity contribution in [2.75, 3.05) is 0 Å². The second-order valence-electron chi connectivity index (χ2n) is 8.17. The van der Waals surface area contributed by atoms with E-state index < -0.39 is 6.10 Å². The fourth-order valence-electron chi connectivity index (χ4n) is 3.42. The lowest BCUT2D eigenvalue weighted by molar-refractivity contribution is -0.128. The summed E-state index contributed by atoms with van der Waals surface area (Å²) >= 11 is 0. The molecular weight excluding hydrogens is 338 g/mol. The van der Waals surface area contributed by atoms with E-state index in [1.54, 1.807) is 6.92 Å². The summed E-state index contributed by atoms with van der Waals surface area (Å²) in [5.41, 5.74) is 4.18. The lowest BCUT2D eigenvalue weighted by Crippen LogP contribution is -2.44. The number of nitrogens with one attached hydrogen (secondary N) is 1. The Balaban J connectivity index is 1.74. The lowest BCUT2D eigenvalue weighted by atomic mass is 9.89. The molecule has 2 unspecified atom stereocenters. The number of carbonyl (C=O) groups excluding carboxylic acids is 1. The van der Waals surface area contributed by atoms with Gasteiger partial charge in [-0.05, 0) is 76.4 Å². The molecule has 1 aliphatic rings. The molecule has 2 atom stereocenters. The Labute approximate surface area is 161 Å². The van der Waals surface area contributed by atoms with Gasteiger partial charge in [-0.25, -0.2) is 0 Å². The Bertz CT molecular complexity index is 857. The first-order valence-electron chi connectivity index (χ1n) is 9.48. The van der Waals surface area contributed by atoms with Crippen LogP contribution in [-0.2, 0) is 4.79 Å². The lowest BCUT2D eigenvalue weighted by Gasteiger charge is -2.38. The number of aryl methyl sites for hydroxylation is 3. The summed E-state index contributed by atoms with van der Waals surface area (Å²) in [5.74, 6) is 1.44. The molecule has 2 aromatic carbocycles. The van der Waals surface area contributed by atoms with E-state index >= 15 is 0 Å². The minimum atomic E-state index is -0.577. The van der Waals surface area contributed by atoms with Gasteiger partial charge in [0.1, 0.15) is 17.1 Å². The van der Waals surface area contributed by atoms with Gasteiger partial charge in [-0.1, -0.05) is 18.2 Å². The van der Waals surface area contributed by atoms with Gasteiger partial charge in [-0.2, -0.15) is 0 Å². The van der Waals surface area contributed by atoms with Crippen molar-refractivity contribution in [3.05, 3.63) is 58.7 Å². The molecule has 0 fully saturated rings. The molecule has 144 valence electrons. The van der Waals surface area contributed by atoms with E-state index in [1.807, 2.05) is 58.0 Å². The summed E-state index contributed by atoms with van der Waals surface area (Å²) in [7, 11) is 0. The minimum absolute atomic E-state index is 0.0948. The summed E-state index contributed by atoms with van der Waals surface area (Å²) in [6.45, 7) is 12.0. The molecule has 1 aliphatic heterocycles. The van der Waals surface area contributed by atoms with Crippen molar-refractivity contribution in [3.8, 4) is 11.5 Å². The largest absolute Gasteiger partial charge is 0.487 e. The average molecular weight is 367 g/mol. The topological polar surface area (TPSA) is 47.6 Å². The smallest absolute Gasteiger partial charge is 0.261 e. The highest BCUT2D eigenvalue weighted by molar-refractivity contribution is 5.81. The van der Waals surface area contributed by atoms with E-state index in [0.717, 1.165) is 22.4 Å². The first-order valence-corrected chi connectivity index (χ1v) is 9.48. The number of hydrogen-bond donors (Lipinski definition) is 1. The molecule has 0 spiro atoms. The Hall–Kier alpha value is -2.49. The van der Waals surface area contributed by atoms with Gasteiger partial charge in [-0.3, -0.25) is 4.79 Å². The van der Waals surface area contributed by atoms with Crippen LogP contribution >= 0.6 is 0 Å². The van der Waals surface area contributed by atoms with Crippen molar-refractivity contribution in [3.63, 3.8) is 0 Å². The molecule has 0 radical (unpaired) electrons. The maximum Gasteiger partial charge on any atom is 0.261 e. The van der Waals surface area contributed by atoms with E-state index in [-0.39, 0.29) is 17.6 Å². The SMILES string of the molecule is Cc1ccc2c(c1)OC(C)(C)CC2NC(=O)C(C)Oc1ccc(C)c(C)c1. The number of carbonyl (C=O) groups is 1. The fraction of sp³-hybridized carbons (Fsp3) is 0.435. The van der Waals surface area contributed by atoms with Crippen LogP contribution < -0.4 is 14.8 Å². The van der Waals surface area contributed by atoms with Crippen molar-refractivity contribution in [2.24, 2.45) is 0 Å². The van der Waals surface area contributed by atoms with E-state index in [0.29, 0.717) is 12.2 Å². The Morgan fingerprint density at radius 2 is 1.89 bits per heavy atom. The number of hydrogen-bond acceptors (Lipinski definition) is 3. The molecular formula is C23H29NO3. The van der Waals surface area contributed by atoms with E-state index in [9.17, 15) is 4.79 Å². The van der Waals surface area contributed by atoms with Gasteiger partial charge in [0.25, 0.3) is 5.91 Å². The normalized spacial score (nSPS) is 18.8. The van der Waals surface area contributed by atoms with Crippen molar-refractivity contribution < 1.29 is 14.3 Å². The first kappa shape index (κ1) is 19.3. The zero-order valence-electron chi connectivity index (χ0n) is 17.1. The maximum atomic E-state index is 12.8. The van der Waals surface area contributed by atoms with Crippen LogP contribution in [0.1, 0.15) is 55.5 Å². The van der Waals surface area contributed by atoms with E-state index in [4.69, 9.17) is 9.47 Å². The molecule has 0 aliphatic carbocycles. The van der Waals surface area contributed by atoms with Crippen LogP contribution in [0.2, 0.25) is 0 Å². The Morgan fingerprint density at radius 1 is 1.15 bits per heavy atom. The van der Waals surface area contributed by atoms with Crippen LogP contribution in [0, 0.1) is 20.8 Å². The second kappa shape index (κ2) is 7.26. The number of benzene rings is 2. The Kier molecular flexibility index (Phi) is 5.18. The molecule has 0 aromatic heterocycles. The zero-order chi connectivity index (χ0) is 19.8. The number of amides is 1. The van der Waals surface area contributed by atoms with Crippen LogP contribution in [-0.4, -0.2) is 17.6 Å². The first-order chi connectivity index (χ1) is 12.6. The van der Waals surface area contributed by atoms with E-state index in [2.05, 4.69) is 18.3 Å². The van der Waals surface area contributed by atoms with Crippen molar-refractivity contribution in [1.29, 1.82) is 0 Å². The van der Waals surface area contributed by atoms with Crippen molar-refractivity contribution >= 4 is 5.91 Å². The third kappa shape index (κ3) is 4.44. The molecule has 1 heterocycles. The molecule has 0 saturated carbocycles. The predicted octanol–water partition coefficient (Wildman–Crippen LogP) is 4.80. The maximum absolute atomic E-state index is 12.8. The molecule has 4 heteroatoms. The quantitative estimate of drug-likeness (QED) is 0.844. The molecule has 3 rings (SSSR count). The molecule has 27 heavy (non-hydrogen) atoms. The minimum Gasteiger partial charge on any atom is -0.487 e. The second-order valence-corrected chi connectivity index (χ2v) is 8.17. The van der Waals surface area contributed by atoms with Gasteiger partial charge >= 0.3 is 0 Å². The van der Waals surface area contributed by atoms with Crippen LogP contribution in [0.3, 0.4) is 0 Å². The third-order valence-electron chi connectivity index (χ3n) is 5.10. The highest BCUT2D eigenvalue weighted by Gasteiger charge is 2.35. The third-order valence-corrected chi connectivity index (χ3v) is 5.10. The molecule has 1 N–H and O–H groups in total. The van der Waals surface area contributed by atoms with Gasteiger partial charge in [0.2, 0.25) is 0 Å². The van der Waals surface area contributed by atoms with Gasteiger partial charge in [0.15, 0.2) is 6.10 Å². The number of ether oxygens (including phenoxy) is 2.